The molecule has 1 atom stereocenters. The van der Waals surface area contributed by atoms with E-state index in [9.17, 15) is 9.59 Å². The van der Waals surface area contributed by atoms with Crippen molar-refractivity contribution in [3.8, 4) is 0 Å². The molecule has 0 aliphatic heterocycles. The molecule has 0 aromatic carbocycles. The summed E-state index contributed by atoms with van der Waals surface area (Å²) in [6, 6.07) is 0. The fourth-order valence-electron chi connectivity index (χ4n) is 3.34. The van der Waals surface area contributed by atoms with E-state index in [1.807, 2.05) is 6.92 Å². The number of carbonyl (C=O) groups excluding carboxylic acids is 1. The molecular weight excluding hydrogens is 398 g/mol. The zero-order valence-electron chi connectivity index (χ0n) is 16.6. The van der Waals surface area contributed by atoms with Crippen LogP contribution in [0.1, 0.15) is 30.2 Å². The van der Waals surface area contributed by atoms with Crippen LogP contribution in [0, 0.1) is 0 Å². The third-order valence-corrected chi connectivity index (χ3v) is 7.05. The Morgan fingerprint density at radius 3 is 2.86 bits per heavy atom. The molecule has 3 rings (SSSR count). The number of fused-ring (bicyclic) bond motifs is 3. The number of carbonyl (C=O) groups is 1. The Bertz CT molecular complexity index is 893. The lowest BCUT2D eigenvalue weighted by molar-refractivity contribution is -0.120. The van der Waals surface area contributed by atoms with Gasteiger partial charge in [-0.2, -0.15) is 0 Å². The van der Waals surface area contributed by atoms with Gasteiger partial charge < -0.3 is 14.8 Å². The Morgan fingerprint density at radius 2 is 2.11 bits per heavy atom. The highest BCUT2D eigenvalue weighted by atomic mass is 32.2. The number of hydrogen-bond acceptors (Lipinski definition) is 7. The van der Waals surface area contributed by atoms with Crippen LogP contribution in [-0.2, 0) is 33.7 Å². The van der Waals surface area contributed by atoms with E-state index in [-0.39, 0.29) is 16.7 Å². The van der Waals surface area contributed by atoms with Gasteiger partial charge in [0.15, 0.2) is 5.16 Å². The van der Waals surface area contributed by atoms with Crippen LogP contribution in [-0.4, -0.2) is 54.7 Å². The molecule has 0 unspecified atom stereocenters. The second-order valence-corrected chi connectivity index (χ2v) is 9.17. The van der Waals surface area contributed by atoms with E-state index in [2.05, 4.69) is 5.32 Å². The lowest BCUT2D eigenvalue weighted by atomic mass is 10.2. The molecule has 0 radical (unpaired) electrons. The average molecular weight is 426 g/mol. The number of ether oxygens (including phenoxy) is 2. The molecule has 2 aromatic rings. The minimum absolute atomic E-state index is 0.00925. The molecule has 1 N–H and O–H groups in total. The van der Waals surface area contributed by atoms with Crippen molar-refractivity contribution in [2.45, 2.75) is 49.6 Å². The van der Waals surface area contributed by atoms with E-state index >= 15 is 0 Å². The molecule has 0 spiro atoms. The van der Waals surface area contributed by atoms with Gasteiger partial charge in [0.05, 0.1) is 17.2 Å². The average Bonchev–Trinajstić information content (AvgIpc) is 3.25. The number of aromatic nitrogens is 2. The van der Waals surface area contributed by atoms with E-state index in [0.29, 0.717) is 31.5 Å². The Balaban J connectivity index is 1.90. The number of thioether (sulfide) groups is 1. The maximum Gasteiger partial charge on any atom is 0.263 e. The first-order valence-corrected chi connectivity index (χ1v) is 11.2. The van der Waals surface area contributed by atoms with Crippen LogP contribution in [0.2, 0.25) is 0 Å². The van der Waals surface area contributed by atoms with E-state index < -0.39 is 0 Å². The molecule has 0 saturated carbocycles. The molecule has 1 amide bonds. The summed E-state index contributed by atoms with van der Waals surface area (Å²) < 4.78 is 11.8. The van der Waals surface area contributed by atoms with Crippen molar-refractivity contribution in [1.82, 2.24) is 14.9 Å². The van der Waals surface area contributed by atoms with Crippen molar-refractivity contribution in [1.29, 1.82) is 0 Å². The first-order valence-electron chi connectivity index (χ1n) is 9.54. The fraction of sp³-hybridized carbons (Fsp3) is 0.632. The van der Waals surface area contributed by atoms with E-state index in [1.165, 1.54) is 22.2 Å². The SMILES string of the molecule is COCCCn1c(S[C@H](C)C(=O)NCCOC)nc2sc3c(c2c1=O)CCC3. The van der Waals surface area contributed by atoms with Gasteiger partial charge in [-0.1, -0.05) is 11.8 Å². The highest BCUT2D eigenvalue weighted by molar-refractivity contribution is 8.00. The minimum Gasteiger partial charge on any atom is -0.385 e. The standard InChI is InChI=1S/C19H27N3O4S2/c1-12(16(23)20-8-11-26-3)27-19-21-17-15(13-6-4-7-14(13)28-17)18(24)22(19)9-5-10-25-2/h12H,4-11H2,1-3H3,(H,20,23)/t12-/m1/s1. The Labute approximate surface area is 172 Å². The van der Waals surface area contributed by atoms with Crippen LogP contribution in [0.3, 0.4) is 0 Å². The highest BCUT2D eigenvalue weighted by Crippen LogP contribution is 2.36. The van der Waals surface area contributed by atoms with Gasteiger partial charge in [0.25, 0.3) is 5.56 Å². The Hall–Kier alpha value is -1.42. The second-order valence-electron chi connectivity index (χ2n) is 6.78. The number of nitrogens with zero attached hydrogens (tertiary/aromatic N) is 2. The normalized spacial score (nSPS) is 14.4. The molecule has 2 heterocycles. The van der Waals surface area contributed by atoms with Crippen molar-refractivity contribution >= 4 is 39.2 Å². The molecule has 9 heteroatoms. The van der Waals surface area contributed by atoms with Gasteiger partial charge in [0.1, 0.15) is 4.83 Å². The van der Waals surface area contributed by atoms with Gasteiger partial charge >= 0.3 is 0 Å². The number of methoxy groups -OCH3 is 2. The molecule has 7 nitrogen and oxygen atoms in total. The van der Waals surface area contributed by atoms with Crippen LogP contribution in [0.4, 0.5) is 0 Å². The topological polar surface area (TPSA) is 82.4 Å². The number of hydrogen-bond donors (Lipinski definition) is 1. The van der Waals surface area contributed by atoms with Gasteiger partial charge in [0, 0.05) is 38.8 Å². The van der Waals surface area contributed by atoms with E-state index in [4.69, 9.17) is 14.5 Å². The number of amides is 1. The first-order chi connectivity index (χ1) is 13.6. The molecule has 28 heavy (non-hydrogen) atoms. The third kappa shape index (κ3) is 4.59. The van der Waals surface area contributed by atoms with Crippen LogP contribution in [0.15, 0.2) is 9.95 Å². The van der Waals surface area contributed by atoms with Crippen molar-refractivity contribution in [3.05, 3.63) is 20.8 Å². The molecular formula is C19H27N3O4S2. The monoisotopic (exact) mass is 425 g/mol. The van der Waals surface area contributed by atoms with Crippen LogP contribution >= 0.6 is 23.1 Å². The van der Waals surface area contributed by atoms with Crippen molar-refractivity contribution in [3.63, 3.8) is 0 Å². The predicted molar refractivity (Wildman–Crippen MR) is 113 cm³/mol. The maximum atomic E-state index is 13.3. The Kier molecular flexibility index (Phi) is 7.50. The molecule has 0 fully saturated rings. The predicted octanol–water partition coefficient (Wildman–Crippen LogP) is 2.23. The second kappa shape index (κ2) is 9.87. The summed E-state index contributed by atoms with van der Waals surface area (Å²) in [5.74, 6) is -0.0893. The van der Waals surface area contributed by atoms with E-state index in [0.717, 1.165) is 35.9 Å². The quantitative estimate of drug-likeness (QED) is 0.357. The Morgan fingerprint density at radius 1 is 1.32 bits per heavy atom. The van der Waals surface area contributed by atoms with Crippen molar-refractivity contribution in [2.75, 3.05) is 34.0 Å². The van der Waals surface area contributed by atoms with Crippen LogP contribution in [0.25, 0.3) is 10.2 Å². The molecule has 2 aromatic heterocycles. The smallest absolute Gasteiger partial charge is 0.263 e. The zero-order chi connectivity index (χ0) is 20.1. The molecule has 1 aliphatic rings. The van der Waals surface area contributed by atoms with Gasteiger partial charge in [-0.05, 0) is 38.2 Å². The van der Waals surface area contributed by atoms with Gasteiger partial charge in [-0.15, -0.1) is 11.3 Å². The summed E-state index contributed by atoms with van der Waals surface area (Å²) in [6.45, 7) is 3.86. The van der Waals surface area contributed by atoms with Crippen molar-refractivity contribution < 1.29 is 14.3 Å². The van der Waals surface area contributed by atoms with Gasteiger partial charge in [-0.3, -0.25) is 14.2 Å². The van der Waals surface area contributed by atoms with E-state index in [1.54, 1.807) is 30.1 Å². The number of aryl methyl sites for hydroxylation is 2. The fourth-order valence-corrected chi connectivity index (χ4v) is 5.61. The van der Waals surface area contributed by atoms with Gasteiger partial charge in [-0.25, -0.2) is 4.98 Å². The summed E-state index contributed by atoms with van der Waals surface area (Å²) in [4.78, 5) is 32.5. The molecule has 1 aliphatic carbocycles. The largest absolute Gasteiger partial charge is 0.385 e. The number of rotatable bonds is 10. The number of nitrogens with one attached hydrogen (secondary N) is 1. The summed E-state index contributed by atoms with van der Waals surface area (Å²) in [7, 11) is 3.25. The van der Waals surface area contributed by atoms with Crippen LogP contribution < -0.4 is 10.9 Å². The summed E-state index contributed by atoms with van der Waals surface area (Å²) in [6.07, 6.45) is 3.81. The maximum absolute atomic E-state index is 13.3. The zero-order valence-corrected chi connectivity index (χ0v) is 18.2. The summed E-state index contributed by atoms with van der Waals surface area (Å²) in [5, 5.41) is 3.86. The minimum atomic E-state index is -0.360. The summed E-state index contributed by atoms with van der Waals surface area (Å²) >= 11 is 2.95. The lowest BCUT2D eigenvalue weighted by Crippen LogP contribution is -2.34. The molecule has 154 valence electrons. The van der Waals surface area contributed by atoms with Gasteiger partial charge in [0.2, 0.25) is 5.91 Å². The first kappa shape index (κ1) is 21.3. The molecule has 0 bridgehead atoms. The number of thiophene rings is 1. The summed E-state index contributed by atoms with van der Waals surface area (Å²) in [5.41, 5.74) is 1.19. The third-order valence-electron chi connectivity index (χ3n) is 4.78. The van der Waals surface area contributed by atoms with Crippen molar-refractivity contribution in [2.24, 2.45) is 0 Å². The molecule has 0 saturated heterocycles. The highest BCUT2D eigenvalue weighted by Gasteiger charge is 2.25. The van der Waals surface area contributed by atoms with Crippen LogP contribution in [0.5, 0.6) is 0 Å². The lowest BCUT2D eigenvalue weighted by Gasteiger charge is -2.16.